The van der Waals surface area contributed by atoms with Crippen molar-refractivity contribution in [2.75, 3.05) is 0 Å². The largest absolute Gasteiger partial charge is 0.207 e. The Morgan fingerprint density at radius 1 is 0.667 bits per heavy atom. The molecule has 0 amide bonds. The zero-order valence-corrected chi connectivity index (χ0v) is 9.94. The lowest BCUT2D eigenvalue weighted by Gasteiger charge is -2.06. The first-order valence-corrected chi connectivity index (χ1v) is 6.04. The lowest BCUT2D eigenvalue weighted by atomic mass is 9.99. The third-order valence-corrected chi connectivity index (χ3v) is 3.23. The van der Waals surface area contributed by atoms with Gasteiger partial charge in [0.25, 0.3) is 0 Å². The highest BCUT2D eigenvalue weighted by molar-refractivity contribution is 5.86. The van der Waals surface area contributed by atoms with E-state index < -0.39 is 0 Å². The molecule has 0 saturated heterocycles. The molecule has 0 unspecified atom stereocenters. The molecule has 1 aliphatic carbocycles. The van der Waals surface area contributed by atoms with Crippen LogP contribution in [0, 0.1) is 5.82 Å². The van der Waals surface area contributed by atoms with Crippen molar-refractivity contribution in [3.05, 3.63) is 83.7 Å². The Bertz CT molecular complexity index is 604. The van der Waals surface area contributed by atoms with Crippen LogP contribution in [0.1, 0.15) is 17.5 Å². The fraction of sp³-hybridized carbons (Fsp3) is 0.0588. The van der Waals surface area contributed by atoms with Gasteiger partial charge in [0.05, 0.1) is 0 Å². The van der Waals surface area contributed by atoms with E-state index in [9.17, 15) is 4.39 Å². The SMILES string of the molecule is Fc1ccc(C2=CC=C(c3ccccc3)C2)cc1. The van der Waals surface area contributed by atoms with Crippen molar-refractivity contribution in [2.45, 2.75) is 6.42 Å². The zero-order valence-electron chi connectivity index (χ0n) is 9.94. The normalized spacial score (nSPS) is 14.3. The summed E-state index contributed by atoms with van der Waals surface area (Å²) in [5.74, 6) is -0.186. The second-order valence-corrected chi connectivity index (χ2v) is 4.43. The molecular weight excluding hydrogens is 223 g/mol. The maximum absolute atomic E-state index is 12.9. The Morgan fingerprint density at radius 3 is 1.83 bits per heavy atom. The van der Waals surface area contributed by atoms with Crippen LogP contribution in [0.15, 0.2) is 66.7 Å². The topological polar surface area (TPSA) is 0 Å². The Labute approximate surface area is 106 Å². The van der Waals surface area contributed by atoms with E-state index in [1.807, 2.05) is 30.3 Å². The van der Waals surface area contributed by atoms with Crippen molar-refractivity contribution in [1.82, 2.24) is 0 Å². The lowest BCUT2D eigenvalue weighted by molar-refractivity contribution is 0.627. The first-order chi connectivity index (χ1) is 8.83. The minimum atomic E-state index is -0.186. The molecule has 2 aromatic carbocycles. The van der Waals surface area contributed by atoms with E-state index in [4.69, 9.17) is 0 Å². The van der Waals surface area contributed by atoms with Crippen molar-refractivity contribution in [3.8, 4) is 0 Å². The molecule has 0 atom stereocenters. The summed E-state index contributed by atoms with van der Waals surface area (Å²) >= 11 is 0. The van der Waals surface area contributed by atoms with Crippen molar-refractivity contribution < 1.29 is 4.39 Å². The average molecular weight is 236 g/mol. The average Bonchev–Trinajstić information content (AvgIpc) is 2.90. The van der Waals surface area contributed by atoms with Gasteiger partial charge in [-0.05, 0) is 40.8 Å². The van der Waals surface area contributed by atoms with Gasteiger partial charge in [0.2, 0.25) is 0 Å². The molecule has 0 saturated carbocycles. The molecule has 0 bridgehead atoms. The van der Waals surface area contributed by atoms with Gasteiger partial charge in [-0.1, -0.05) is 54.6 Å². The third kappa shape index (κ3) is 2.12. The Morgan fingerprint density at radius 2 is 1.22 bits per heavy atom. The number of benzene rings is 2. The van der Waals surface area contributed by atoms with Gasteiger partial charge in [0, 0.05) is 0 Å². The molecule has 0 aromatic heterocycles. The summed E-state index contributed by atoms with van der Waals surface area (Å²) in [4.78, 5) is 0. The number of hydrogen-bond donors (Lipinski definition) is 0. The summed E-state index contributed by atoms with van der Waals surface area (Å²) < 4.78 is 12.9. The molecule has 0 aliphatic heterocycles. The molecule has 18 heavy (non-hydrogen) atoms. The number of rotatable bonds is 2. The molecule has 0 radical (unpaired) electrons. The van der Waals surface area contributed by atoms with Crippen LogP contribution in [0.5, 0.6) is 0 Å². The summed E-state index contributed by atoms with van der Waals surface area (Å²) in [5, 5.41) is 0. The van der Waals surface area contributed by atoms with E-state index in [0.717, 1.165) is 12.0 Å². The van der Waals surface area contributed by atoms with Crippen molar-refractivity contribution >= 4 is 11.1 Å². The summed E-state index contributed by atoms with van der Waals surface area (Å²) in [6.45, 7) is 0. The molecular formula is C17H13F. The van der Waals surface area contributed by atoms with Gasteiger partial charge in [0.1, 0.15) is 5.82 Å². The Kier molecular flexibility index (Phi) is 2.81. The number of allylic oxidation sites excluding steroid dienone is 4. The van der Waals surface area contributed by atoms with Gasteiger partial charge in [-0.2, -0.15) is 0 Å². The second kappa shape index (κ2) is 4.61. The van der Waals surface area contributed by atoms with Crippen LogP contribution in [-0.4, -0.2) is 0 Å². The van der Waals surface area contributed by atoms with E-state index in [2.05, 4.69) is 24.3 Å². The maximum atomic E-state index is 12.9. The predicted molar refractivity (Wildman–Crippen MR) is 73.4 cm³/mol. The summed E-state index contributed by atoms with van der Waals surface area (Å²) in [5.41, 5.74) is 4.91. The molecule has 0 N–H and O–H groups in total. The predicted octanol–water partition coefficient (Wildman–Crippen LogP) is 4.70. The van der Waals surface area contributed by atoms with Crippen LogP contribution >= 0.6 is 0 Å². The third-order valence-electron chi connectivity index (χ3n) is 3.23. The number of halogens is 1. The van der Waals surface area contributed by atoms with Gasteiger partial charge < -0.3 is 0 Å². The summed E-state index contributed by atoms with van der Waals surface area (Å²) in [6.07, 6.45) is 5.18. The molecule has 0 heterocycles. The standard InChI is InChI=1S/C17H13F/c18-17-10-8-14(9-11-17)16-7-6-15(12-16)13-4-2-1-3-5-13/h1-11H,12H2. The van der Waals surface area contributed by atoms with Crippen molar-refractivity contribution in [3.63, 3.8) is 0 Å². The molecule has 3 rings (SSSR count). The lowest BCUT2D eigenvalue weighted by Crippen LogP contribution is -1.85. The van der Waals surface area contributed by atoms with E-state index in [1.165, 1.54) is 28.8 Å². The summed E-state index contributed by atoms with van der Waals surface area (Å²) in [6, 6.07) is 17.0. The van der Waals surface area contributed by atoms with E-state index in [-0.39, 0.29) is 5.82 Å². The highest BCUT2D eigenvalue weighted by Crippen LogP contribution is 2.33. The van der Waals surface area contributed by atoms with Gasteiger partial charge in [-0.25, -0.2) is 4.39 Å². The zero-order chi connectivity index (χ0) is 12.4. The molecule has 2 aromatic rings. The van der Waals surface area contributed by atoms with Crippen LogP contribution < -0.4 is 0 Å². The second-order valence-electron chi connectivity index (χ2n) is 4.43. The fourth-order valence-electron chi connectivity index (χ4n) is 2.24. The molecule has 0 spiro atoms. The van der Waals surface area contributed by atoms with Gasteiger partial charge in [-0.3, -0.25) is 0 Å². The molecule has 0 fully saturated rings. The quantitative estimate of drug-likeness (QED) is 0.709. The highest BCUT2D eigenvalue weighted by Gasteiger charge is 2.11. The van der Waals surface area contributed by atoms with E-state index >= 15 is 0 Å². The van der Waals surface area contributed by atoms with E-state index in [0.29, 0.717) is 0 Å². The molecule has 88 valence electrons. The Balaban J connectivity index is 1.80. The monoisotopic (exact) mass is 236 g/mol. The van der Waals surface area contributed by atoms with Crippen LogP contribution in [0.2, 0.25) is 0 Å². The molecule has 1 heteroatoms. The van der Waals surface area contributed by atoms with E-state index in [1.54, 1.807) is 0 Å². The molecule has 1 aliphatic rings. The van der Waals surface area contributed by atoms with Gasteiger partial charge >= 0.3 is 0 Å². The smallest absolute Gasteiger partial charge is 0.123 e. The van der Waals surface area contributed by atoms with Crippen LogP contribution in [0.3, 0.4) is 0 Å². The number of hydrogen-bond acceptors (Lipinski definition) is 0. The van der Waals surface area contributed by atoms with Gasteiger partial charge in [-0.15, -0.1) is 0 Å². The minimum absolute atomic E-state index is 0.186. The Hall–Kier alpha value is -2.15. The van der Waals surface area contributed by atoms with Crippen LogP contribution in [0.4, 0.5) is 4.39 Å². The van der Waals surface area contributed by atoms with Crippen molar-refractivity contribution in [1.29, 1.82) is 0 Å². The first kappa shape index (κ1) is 11.0. The summed E-state index contributed by atoms with van der Waals surface area (Å²) in [7, 11) is 0. The highest BCUT2D eigenvalue weighted by atomic mass is 19.1. The van der Waals surface area contributed by atoms with Crippen LogP contribution in [0.25, 0.3) is 11.1 Å². The van der Waals surface area contributed by atoms with Crippen LogP contribution in [-0.2, 0) is 0 Å². The minimum Gasteiger partial charge on any atom is -0.207 e. The van der Waals surface area contributed by atoms with Gasteiger partial charge in [0.15, 0.2) is 0 Å². The molecule has 0 nitrogen and oxygen atoms in total. The van der Waals surface area contributed by atoms with Crippen molar-refractivity contribution in [2.24, 2.45) is 0 Å². The maximum Gasteiger partial charge on any atom is 0.123 e. The first-order valence-electron chi connectivity index (χ1n) is 6.04. The fourth-order valence-corrected chi connectivity index (χ4v) is 2.24.